The Labute approximate surface area is 186 Å². The number of ether oxygens (including phenoxy) is 2. The Morgan fingerprint density at radius 2 is 1.75 bits per heavy atom. The van der Waals surface area contributed by atoms with Crippen LogP contribution in [0, 0.1) is 17.5 Å². The van der Waals surface area contributed by atoms with Gasteiger partial charge in [-0.15, -0.1) is 0 Å². The van der Waals surface area contributed by atoms with Gasteiger partial charge in [-0.3, -0.25) is 4.79 Å². The summed E-state index contributed by atoms with van der Waals surface area (Å²) in [6.07, 6.45) is 0. The lowest BCUT2D eigenvalue weighted by atomic mass is 10.1. The van der Waals surface area contributed by atoms with Crippen LogP contribution in [0.4, 0.5) is 13.2 Å². The molecule has 1 aliphatic heterocycles. The molecule has 1 amide bonds. The third kappa shape index (κ3) is 4.03. The Morgan fingerprint density at radius 3 is 2.44 bits per heavy atom. The fourth-order valence-electron chi connectivity index (χ4n) is 3.29. The van der Waals surface area contributed by atoms with Crippen molar-refractivity contribution in [1.29, 1.82) is 0 Å². The van der Waals surface area contributed by atoms with Gasteiger partial charge >= 0.3 is 0 Å². The van der Waals surface area contributed by atoms with E-state index in [1.807, 2.05) is 0 Å². The molecule has 3 aromatic rings. The number of carbonyl (C=O) groups is 1. The summed E-state index contributed by atoms with van der Waals surface area (Å²) in [6, 6.07) is 13.8. The van der Waals surface area contributed by atoms with Gasteiger partial charge in [-0.25, -0.2) is 18.2 Å². The third-order valence-corrected chi connectivity index (χ3v) is 6.01. The van der Waals surface area contributed by atoms with Crippen molar-refractivity contribution in [2.75, 3.05) is 14.2 Å². The van der Waals surface area contributed by atoms with Crippen LogP contribution in [0.3, 0.4) is 0 Å². The van der Waals surface area contributed by atoms with E-state index in [-0.39, 0.29) is 5.56 Å². The van der Waals surface area contributed by atoms with E-state index >= 15 is 0 Å². The lowest BCUT2D eigenvalue weighted by Crippen LogP contribution is -2.26. The van der Waals surface area contributed by atoms with Crippen molar-refractivity contribution in [3.63, 3.8) is 0 Å². The first-order valence-electron chi connectivity index (χ1n) is 9.43. The Hall–Kier alpha value is -3.46. The first-order chi connectivity index (χ1) is 15.4. The molecule has 9 heteroatoms. The van der Waals surface area contributed by atoms with Gasteiger partial charge in [0.05, 0.1) is 14.2 Å². The Kier molecular flexibility index (Phi) is 6.09. The molecule has 0 aliphatic carbocycles. The van der Waals surface area contributed by atoms with Gasteiger partial charge in [0.1, 0.15) is 16.2 Å². The number of nitrogens with zero attached hydrogens (tertiary/aromatic N) is 2. The molecule has 0 radical (unpaired) electrons. The Bertz CT molecular complexity index is 1220. The van der Waals surface area contributed by atoms with E-state index in [0.717, 1.165) is 30.0 Å². The molecule has 164 valence electrons. The summed E-state index contributed by atoms with van der Waals surface area (Å²) < 4.78 is 51.9. The molecule has 0 saturated carbocycles. The fraction of sp³-hybridized carbons (Fsp3) is 0.130. The molecular weight excluding hydrogens is 441 g/mol. The van der Waals surface area contributed by atoms with Gasteiger partial charge < -0.3 is 9.47 Å². The van der Waals surface area contributed by atoms with Crippen LogP contribution in [0.2, 0.25) is 0 Å². The summed E-state index contributed by atoms with van der Waals surface area (Å²) in [7, 11) is 2.96. The molecule has 5 nitrogen and oxygen atoms in total. The van der Waals surface area contributed by atoms with Crippen LogP contribution in [0.1, 0.15) is 26.9 Å². The molecular formula is C23H17F3N2O3S. The molecule has 0 N–H and O–H groups in total. The zero-order valence-corrected chi connectivity index (χ0v) is 17.8. The largest absolute Gasteiger partial charge is 0.493 e. The second-order valence-electron chi connectivity index (χ2n) is 6.75. The highest BCUT2D eigenvalue weighted by atomic mass is 32.2. The minimum atomic E-state index is -1.03. The monoisotopic (exact) mass is 458 g/mol. The maximum atomic E-state index is 13.8. The highest BCUT2D eigenvalue weighted by Crippen LogP contribution is 2.47. The number of halogens is 3. The van der Waals surface area contributed by atoms with Crippen molar-refractivity contribution >= 4 is 22.7 Å². The normalized spacial score (nSPS) is 15.5. The second kappa shape index (κ2) is 8.96. The van der Waals surface area contributed by atoms with Crippen molar-refractivity contribution in [3.05, 3.63) is 94.8 Å². The molecule has 1 atom stereocenters. The standard InChI is InChI=1S/C23H17F3N2O3S/c1-30-19-8-4-7-16(20(19)31-2)23-28(22(29)14-5-3-6-15(24)11-14)27-21(32-23)13-9-10-17(25)18(26)12-13/h3-12,23H,1-2H3. The summed E-state index contributed by atoms with van der Waals surface area (Å²) in [6.45, 7) is 0. The summed E-state index contributed by atoms with van der Waals surface area (Å²) in [4.78, 5) is 13.3. The lowest BCUT2D eigenvalue weighted by Gasteiger charge is -2.23. The summed E-state index contributed by atoms with van der Waals surface area (Å²) in [5.41, 5.74) is 0.964. The highest BCUT2D eigenvalue weighted by Gasteiger charge is 2.37. The van der Waals surface area contributed by atoms with Crippen molar-refractivity contribution < 1.29 is 27.4 Å². The molecule has 1 aliphatic rings. The molecule has 1 heterocycles. The average molecular weight is 458 g/mol. The SMILES string of the molecule is COc1cccc(C2SC(c3ccc(F)c(F)c3)=NN2C(=O)c2cccc(F)c2)c1OC. The van der Waals surface area contributed by atoms with Crippen LogP contribution in [0.25, 0.3) is 0 Å². The summed E-state index contributed by atoms with van der Waals surface area (Å²) >= 11 is 1.15. The minimum Gasteiger partial charge on any atom is -0.493 e. The van der Waals surface area contributed by atoms with Crippen LogP contribution >= 0.6 is 11.8 Å². The van der Waals surface area contributed by atoms with Gasteiger partial charge in [-0.05, 0) is 42.5 Å². The average Bonchev–Trinajstić information content (AvgIpc) is 3.25. The Morgan fingerprint density at radius 1 is 0.969 bits per heavy atom. The highest BCUT2D eigenvalue weighted by molar-refractivity contribution is 8.14. The van der Waals surface area contributed by atoms with Crippen LogP contribution < -0.4 is 9.47 Å². The first kappa shape index (κ1) is 21.8. The topological polar surface area (TPSA) is 51.1 Å². The van der Waals surface area contributed by atoms with Gasteiger partial charge in [-0.1, -0.05) is 30.0 Å². The number of amides is 1. The number of thioether (sulfide) groups is 1. The van der Waals surface area contributed by atoms with Gasteiger partial charge in [0, 0.05) is 16.7 Å². The molecule has 0 saturated heterocycles. The van der Waals surface area contributed by atoms with E-state index in [1.54, 1.807) is 18.2 Å². The van der Waals surface area contributed by atoms with Crippen LogP contribution in [0.5, 0.6) is 11.5 Å². The van der Waals surface area contributed by atoms with Crippen LogP contribution in [-0.4, -0.2) is 30.2 Å². The van der Waals surface area contributed by atoms with E-state index in [9.17, 15) is 18.0 Å². The van der Waals surface area contributed by atoms with E-state index < -0.39 is 28.7 Å². The van der Waals surface area contributed by atoms with E-state index in [0.29, 0.717) is 27.7 Å². The number of carbonyl (C=O) groups excluding carboxylic acids is 1. The number of para-hydroxylation sites is 1. The number of hydrogen-bond donors (Lipinski definition) is 0. The molecule has 0 aromatic heterocycles. The van der Waals surface area contributed by atoms with Crippen LogP contribution in [-0.2, 0) is 0 Å². The molecule has 0 fully saturated rings. The van der Waals surface area contributed by atoms with Gasteiger partial charge in [0.15, 0.2) is 23.1 Å². The minimum absolute atomic E-state index is 0.0905. The molecule has 32 heavy (non-hydrogen) atoms. The van der Waals surface area contributed by atoms with E-state index in [4.69, 9.17) is 9.47 Å². The Balaban J connectivity index is 1.81. The maximum absolute atomic E-state index is 13.8. The van der Waals surface area contributed by atoms with Crippen LogP contribution in [0.15, 0.2) is 65.8 Å². The van der Waals surface area contributed by atoms with Gasteiger partial charge in [0.25, 0.3) is 5.91 Å². The van der Waals surface area contributed by atoms with Crippen molar-refractivity contribution in [3.8, 4) is 11.5 Å². The quantitative estimate of drug-likeness (QED) is 0.516. The molecule has 0 bridgehead atoms. The van der Waals surface area contributed by atoms with Gasteiger partial charge in [0.2, 0.25) is 0 Å². The number of hydrogen-bond acceptors (Lipinski definition) is 5. The van der Waals surface area contributed by atoms with Crippen molar-refractivity contribution in [1.82, 2.24) is 5.01 Å². The molecule has 0 spiro atoms. The zero-order valence-electron chi connectivity index (χ0n) is 17.0. The molecule has 1 unspecified atom stereocenters. The van der Waals surface area contributed by atoms with Crippen molar-refractivity contribution in [2.24, 2.45) is 5.10 Å². The molecule has 3 aromatic carbocycles. The first-order valence-corrected chi connectivity index (χ1v) is 10.3. The molecule has 4 rings (SSSR count). The summed E-state index contributed by atoms with van der Waals surface area (Å²) in [5.74, 6) is -2.31. The maximum Gasteiger partial charge on any atom is 0.275 e. The number of benzene rings is 3. The predicted molar refractivity (Wildman–Crippen MR) is 115 cm³/mol. The smallest absolute Gasteiger partial charge is 0.275 e. The second-order valence-corrected chi connectivity index (χ2v) is 7.82. The summed E-state index contributed by atoms with van der Waals surface area (Å²) in [5, 5.41) is 5.12. The van der Waals surface area contributed by atoms with Crippen molar-refractivity contribution in [2.45, 2.75) is 5.37 Å². The predicted octanol–water partition coefficient (Wildman–Crippen LogP) is 5.37. The third-order valence-electron chi connectivity index (χ3n) is 4.79. The number of rotatable bonds is 5. The number of methoxy groups -OCH3 is 2. The van der Waals surface area contributed by atoms with E-state index in [1.165, 1.54) is 43.5 Å². The lowest BCUT2D eigenvalue weighted by molar-refractivity contribution is 0.0747. The zero-order chi connectivity index (χ0) is 22.8. The fourth-order valence-corrected chi connectivity index (χ4v) is 4.46. The van der Waals surface area contributed by atoms with E-state index in [2.05, 4.69) is 5.10 Å². The van der Waals surface area contributed by atoms with Gasteiger partial charge in [-0.2, -0.15) is 5.10 Å². The number of hydrazone groups is 1.